The fourth-order valence-corrected chi connectivity index (χ4v) is 2.69. The van der Waals surface area contributed by atoms with Crippen LogP contribution in [0.5, 0.6) is 0 Å². The van der Waals surface area contributed by atoms with Crippen molar-refractivity contribution in [2.24, 2.45) is 0 Å². The normalized spacial score (nSPS) is 10.7. The average molecular weight is 329 g/mol. The van der Waals surface area contributed by atoms with Crippen molar-refractivity contribution in [3.05, 3.63) is 64.5 Å². The molecule has 2 aromatic carbocycles. The number of para-hydroxylation sites is 1. The molecule has 0 aliphatic heterocycles. The van der Waals surface area contributed by atoms with E-state index in [2.05, 4.69) is 22.0 Å². The van der Waals surface area contributed by atoms with Gasteiger partial charge in [-0.25, -0.2) is 4.39 Å². The Morgan fingerprint density at radius 2 is 2.00 bits per heavy atom. The molecular weight excluding hydrogens is 319 g/mol. The van der Waals surface area contributed by atoms with E-state index in [0.29, 0.717) is 16.6 Å². The maximum atomic E-state index is 14.1. The summed E-state index contributed by atoms with van der Waals surface area (Å²) in [6, 6.07) is 14.8. The van der Waals surface area contributed by atoms with Gasteiger partial charge in [-0.1, -0.05) is 34.1 Å². The number of aromatic nitrogens is 1. The Morgan fingerprint density at radius 3 is 2.75 bits per heavy atom. The van der Waals surface area contributed by atoms with Crippen LogP contribution in [-0.4, -0.2) is 4.57 Å². The Hall–Kier alpha value is -2.12. The number of rotatable bonds is 2. The largest absolute Gasteiger partial charge is 0.314 e. The SMILES string of the molecule is N#CCc1cn(-c2ccc(Br)cc2F)c2ccccc12. The summed E-state index contributed by atoms with van der Waals surface area (Å²) in [5.41, 5.74) is 2.29. The molecule has 0 atom stereocenters. The first-order valence-electron chi connectivity index (χ1n) is 6.12. The topological polar surface area (TPSA) is 28.7 Å². The highest BCUT2D eigenvalue weighted by Gasteiger charge is 2.12. The van der Waals surface area contributed by atoms with Crippen LogP contribution < -0.4 is 0 Å². The van der Waals surface area contributed by atoms with Crippen molar-refractivity contribution in [1.29, 1.82) is 5.26 Å². The van der Waals surface area contributed by atoms with Crippen molar-refractivity contribution in [3.63, 3.8) is 0 Å². The molecule has 3 rings (SSSR count). The number of hydrogen-bond donors (Lipinski definition) is 0. The molecule has 1 aromatic heterocycles. The minimum Gasteiger partial charge on any atom is -0.314 e. The van der Waals surface area contributed by atoms with E-state index < -0.39 is 0 Å². The van der Waals surface area contributed by atoms with Crippen molar-refractivity contribution in [1.82, 2.24) is 4.57 Å². The Kier molecular flexibility index (Phi) is 3.29. The van der Waals surface area contributed by atoms with Gasteiger partial charge in [-0.3, -0.25) is 0 Å². The molecule has 0 saturated heterocycles. The highest BCUT2D eigenvalue weighted by atomic mass is 79.9. The number of hydrogen-bond acceptors (Lipinski definition) is 1. The van der Waals surface area contributed by atoms with Crippen LogP contribution in [0, 0.1) is 17.1 Å². The molecule has 0 fully saturated rings. The molecule has 4 heteroatoms. The van der Waals surface area contributed by atoms with Crippen LogP contribution in [0.3, 0.4) is 0 Å². The number of nitriles is 1. The van der Waals surface area contributed by atoms with Gasteiger partial charge in [0.05, 0.1) is 23.7 Å². The number of nitrogens with zero attached hydrogens (tertiary/aromatic N) is 2. The quantitative estimate of drug-likeness (QED) is 0.675. The second-order valence-electron chi connectivity index (χ2n) is 4.47. The maximum absolute atomic E-state index is 14.1. The molecule has 1 heterocycles. The lowest BCUT2D eigenvalue weighted by molar-refractivity contribution is 0.619. The summed E-state index contributed by atoms with van der Waals surface area (Å²) in [6.45, 7) is 0. The smallest absolute Gasteiger partial charge is 0.148 e. The van der Waals surface area contributed by atoms with Crippen molar-refractivity contribution in [2.75, 3.05) is 0 Å². The van der Waals surface area contributed by atoms with Crippen LogP contribution in [0.2, 0.25) is 0 Å². The van der Waals surface area contributed by atoms with Gasteiger partial charge in [0.15, 0.2) is 0 Å². The van der Waals surface area contributed by atoms with Gasteiger partial charge in [0.25, 0.3) is 0 Å². The zero-order valence-electron chi connectivity index (χ0n) is 10.5. The van der Waals surface area contributed by atoms with E-state index >= 15 is 0 Å². The number of fused-ring (bicyclic) bond motifs is 1. The summed E-state index contributed by atoms with van der Waals surface area (Å²) in [5.74, 6) is -0.302. The van der Waals surface area contributed by atoms with E-state index in [1.54, 1.807) is 16.7 Å². The van der Waals surface area contributed by atoms with Gasteiger partial charge in [0.1, 0.15) is 5.82 Å². The van der Waals surface area contributed by atoms with Gasteiger partial charge in [0, 0.05) is 16.1 Å². The maximum Gasteiger partial charge on any atom is 0.148 e. The number of halogens is 2. The van der Waals surface area contributed by atoms with Crippen molar-refractivity contribution in [2.45, 2.75) is 6.42 Å². The third-order valence-electron chi connectivity index (χ3n) is 3.23. The van der Waals surface area contributed by atoms with Gasteiger partial charge in [-0.05, 0) is 29.8 Å². The van der Waals surface area contributed by atoms with E-state index in [-0.39, 0.29) is 5.82 Å². The fourth-order valence-electron chi connectivity index (χ4n) is 2.35. The second-order valence-corrected chi connectivity index (χ2v) is 5.39. The first kappa shape index (κ1) is 12.9. The van der Waals surface area contributed by atoms with Crippen LogP contribution >= 0.6 is 15.9 Å². The van der Waals surface area contributed by atoms with Crippen LogP contribution in [0.1, 0.15) is 5.56 Å². The minimum atomic E-state index is -0.302. The van der Waals surface area contributed by atoms with E-state index in [9.17, 15) is 4.39 Å². The summed E-state index contributed by atoms with van der Waals surface area (Å²) < 4.78 is 16.6. The van der Waals surface area contributed by atoms with Crippen LogP contribution in [0.15, 0.2) is 53.1 Å². The second kappa shape index (κ2) is 5.10. The molecular formula is C16H10BrFN2. The Morgan fingerprint density at radius 1 is 1.20 bits per heavy atom. The molecule has 2 nitrogen and oxygen atoms in total. The van der Waals surface area contributed by atoms with Gasteiger partial charge in [0.2, 0.25) is 0 Å². The molecule has 0 N–H and O–H groups in total. The standard InChI is InChI=1S/C16H10BrFN2/c17-12-5-6-16(14(18)9-12)20-10-11(7-8-19)13-3-1-2-4-15(13)20/h1-6,9-10H,7H2. The molecule has 0 amide bonds. The Labute approximate surface area is 124 Å². The molecule has 0 aliphatic carbocycles. The zero-order chi connectivity index (χ0) is 14.1. The lowest BCUT2D eigenvalue weighted by Gasteiger charge is -2.07. The van der Waals surface area contributed by atoms with E-state index in [1.165, 1.54) is 6.07 Å². The molecule has 0 aliphatic rings. The van der Waals surface area contributed by atoms with Crippen LogP contribution in [0.25, 0.3) is 16.6 Å². The van der Waals surface area contributed by atoms with Gasteiger partial charge in [-0.2, -0.15) is 5.26 Å². The molecule has 0 unspecified atom stereocenters. The molecule has 0 spiro atoms. The van der Waals surface area contributed by atoms with Gasteiger partial charge in [-0.15, -0.1) is 0 Å². The zero-order valence-corrected chi connectivity index (χ0v) is 12.1. The monoisotopic (exact) mass is 328 g/mol. The summed E-state index contributed by atoms with van der Waals surface area (Å²) in [4.78, 5) is 0. The third kappa shape index (κ3) is 2.10. The Balaban J connectivity index is 2.29. The van der Waals surface area contributed by atoms with Gasteiger partial charge >= 0.3 is 0 Å². The summed E-state index contributed by atoms with van der Waals surface area (Å²) in [5, 5.41) is 9.89. The Bertz CT molecular complexity index is 830. The first-order valence-corrected chi connectivity index (χ1v) is 6.91. The third-order valence-corrected chi connectivity index (χ3v) is 3.73. The molecule has 20 heavy (non-hydrogen) atoms. The predicted molar refractivity (Wildman–Crippen MR) is 80.3 cm³/mol. The van der Waals surface area contributed by atoms with E-state index in [1.807, 2.05) is 30.5 Å². The highest BCUT2D eigenvalue weighted by molar-refractivity contribution is 9.10. The molecule has 0 saturated carbocycles. The number of benzene rings is 2. The van der Waals surface area contributed by atoms with Crippen molar-refractivity contribution < 1.29 is 4.39 Å². The highest BCUT2D eigenvalue weighted by Crippen LogP contribution is 2.27. The molecule has 3 aromatic rings. The van der Waals surface area contributed by atoms with Crippen molar-refractivity contribution >= 4 is 26.8 Å². The average Bonchev–Trinajstić information content (AvgIpc) is 2.79. The van der Waals surface area contributed by atoms with Crippen LogP contribution in [-0.2, 0) is 6.42 Å². The predicted octanol–water partition coefficient (Wildman–Crippen LogP) is 4.60. The fraction of sp³-hybridized carbons (Fsp3) is 0.0625. The molecule has 98 valence electrons. The molecule has 0 radical (unpaired) electrons. The summed E-state index contributed by atoms with van der Waals surface area (Å²) >= 11 is 3.26. The lowest BCUT2D eigenvalue weighted by atomic mass is 10.1. The first-order chi connectivity index (χ1) is 9.70. The van der Waals surface area contributed by atoms with Crippen molar-refractivity contribution in [3.8, 4) is 11.8 Å². The summed E-state index contributed by atoms with van der Waals surface area (Å²) in [7, 11) is 0. The minimum absolute atomic E-state index is 0.302. The summed E-state index contributed by atoms with van der Waals surface area (Å²) in [6.07, 6.45) is 2.14. The lowest BCUT2D eigenvalue weighted by Crippen LogP contribution is -1.95. The molecule has 0 bridgehead atoms. The van der Waals surface area contributed by atoms with Gasteiger partial charge < -0.3 is 4.57 Å². The van der Waals surface area contributed by atoms with Crippen LogP contribution in [0.4, 0.5) is 4.39 Å². The van der Waals surface area contributed by atoms with E-state index in [4.69, 9.17) is 5.26 Å². The van der Waals surface area contributed by atoms with E-state index in [0.717, 1.165) is 16.5 Å².